The largest absolute Gasteiger partial charge is 0.491 e. The number of halogens is 3. The Morgan fingerprint density at radius 2 is 1.78 bits per heavy atom. The number of aliphatic hydroxyl groups is 1. The van der Waals surface area contributed by atoms with Crippen LogP contribution < -0.4 is 9.64 Å². The van der Waals surface area contributed by atoms with Crippen LogP contribution in [0.25, 0.3) is 0 Å². The second-order valence-corrected chi connectivity index (χ2v) is 9.02. The van der Waals surface area contributed by atoms with Gasteiger partial charge in [-0.05, 0) is 69.4 Å². The zero-order valence-electron chi connectivity index (χ0n) is 19.0. The number of nitrogens with zero attached hydrogens (tertiary/aromatic N) is 2. The summed E-state index contributed by atoms with van der Waals surface area (Å²) < 4.78 is 46.5. The molecule has 0 aliphatic carbocycles. The maximum absolute atomic E-state index is 13.6. The molecule has 2 atom stereocenters. The highest BCUT2D eigenvalue weighted by atomic mass is 19.4. The molecular weight excluding hydrogens is 417 g/mol. The van der Waals surface area contributed by atoms with Crippen molar-refractivity contribution in [3.8, 4) is 5.75 Å². The van der Waals surface area contributed by atoms with Gasteiger partial charge in [-0.1, -0.05) is 30.3 Å². The lowest BCUT2D eigenvalue weighted by molar-refractivity contribution is -0.274. The summed E-state index contributed by atoms with van der Waals surface area (Å²) in [5.41, 5.74) is 0.686. The topological polar surface area (TPSA) is 35.9 Å². The van der Waals surface area contributed by atoms with E-state index in [2.05, 4.69) is 0 Å². The molecule has 176 valence electrons. The van der Waals surface area contributed by atoms with Gasteiger partial charge in [0.15, 0.2) is 0 Å². The Labute approximate surface area is 188 Å². The molecule has 2 unspecified atom stereocenters. The quantitative estimate of drug-likeness (QED) is 0.557. The number of hydrogen-bond donors (Lipinski definition) is 1. The van der Waals surface area contributed by atoms with Crippen molar-refractivity contribution in [2.45, 2.75) is 63.6 Å². The van der Waals surface area contributed by atoms with Crippen molar-refractivity contribution >= 4 is 5.69 Å². The van der Waals surface area contributed by atoms with Crippen LogP contribution in [0.2, 0.25) is 0 Å². The van der Waals surface area contributed by atoms with E-state index in [1.54, 1.807) is 0 Å². The van der Waals surface area contributed by atoms with E-state index < -0.39 is 17.9 Å². The molecule has 2 aromatic carbocycles. The van der Waals surface area contributed by atoms with Crippen molar-refractivity contribution in [1.29, 1.82) is 0 Å². The van der Waals surface area contributed by atoms with E-state index in [9.17, 15) is 18.3 Å². The standard InChI is InChI=1S/C25H33F3N2O2/c1-19(2)32-23-11-9-21(10-12-23)29(3)15-13-24(31)14-16-30(25(26,27)28)22(18-24)17-20-7-5-4-6-8-20/h4-12,19,22,31H,13-18H2,1-3H3. The molecule has 0 radical (unpaired) electrons. The second kappa shape index (κ2) is 10.1. The molecule has 1 fully saturated rings. The summed E-state index contributed by atoms with van der Waals surface area (Å²) in [6, 6.07) is 16.1. The van der Waals surface area contributed by atoms with Crippen molar-refractivity contribution in [2.75, 3.05) is 25.0 Å². The lowest BCUT2D eigenvalue weighted by Crippen LogP contribution is -2.56. The SMILES string of the molecule is CC(C)Oc1ccc(N(C)CCC2(O)CCN(C(F)(F)F)C(Cc3ccccc3)C2)cc1. The average Bonchev–Trinajstić information content (AvgIpc) is 2.72. The van der Waals surface area contributed by atoms with Gasteiger partial charge in [0.25, 0.3) is 0 Å². The van der Waals surface area contributed by atoms with Crippen LogP contribution in [0, 0.1) is 0 Å². The summed E-state index contributed by atoms with van der Waals surface area (Å²) in [7, 11) is 1.92. The second-order valence-electron chi connectivity index (χ2n) is 9.02. The van der Waals surface area contributed by atoms with Gasteiger partial charge in [0, 0.05) is 31.9 Å². The molecule has 7 heteroatoms. The monoisotopic (exact) mass is 450 g/mol. The van der Waals surface area contributed by atoms with E-state index in [-0.39, 0.29) is 31.9 Å². The molecule has 2 aromatic rings. The molecule has 0 spiro atoms. The number of anilines is 1. The van der Waals surface area contributed by atoms with Crippen LogP contribution in [0.5, 0.6) is 5.75 Å². The number of hydrogen-bond acceptors (Lipinski definition) is 4. The van der Waals surface area contributed by atoms with Crippen LogP contribution in [0.15, 0.2) is 54.6 Å². The van der Waals surface area contributed by atoms with E-state index >= 15 is 0 Å². The third-order valence-electron chi connectivity index (χ3n) is 6.08. The molecule has 1 heterocycles. The minimum Gasteiger partial charge on any atom is -0.491 e. The summed E-state index contributed by atoms with van der Waals surface area (Å²) in [4.78, 5) is 2.60. The Balaban J connectivity index is 1.64. The Bertz CT molecular complexity index is 843. The van der Waals surface area contributed by atoms with E-state index in [1.165, 1.54) is 0 Å². The number of piperidine rings is 1. The van der Waals surface area contributed by atoms with Crippen molar-refractivity contribution < 1.29 is 23.0 Å². The van der Waals surface area contributed by atoms with Crippen LogP contribution in [0.4, 0.5) is 18.9 Å². The fourth-order valence-corrected chi connectivity index (χ4v) is 4.35. The first kappa shape index (κ1) is 24.4. The third-order valence-corrected chi connectivity index (χ3v) is 6.08. The highest BCUT2D eigenvalue weighted by Gasteiger charge is 2.48. The van der Waals surface area contributed by atoms with Crippen LogP contribution in [-0.2, 0) is 6.42 Å². The van der Waals surface area contributed by atoms with Crippen molar-refractivity contribution in [1.82, 2.24) is 4.90 Å². The Kier molecular flexibility index (Phi) is 7.72. The minimum atomic E-state index is -4.41. The van der Waals surface area contributed by atoms with Crippen molar-refractivity contribution in [3.63, 3.8) is 0 Å². The summed E-state index contributed by atoms with van der Waals surface area (Å²) in [6.07, 6.45) is -3.44. The molecule has 1 aliphatic heterocycles. The zero-order chi connectivity index (χ0) is 23.4. The summed E-state index contributed by atoms with van der Waals surface area (Å²) in [6.45, 7) is 4.29. The molecule has 0 aromatic heterocycles. The first-order chi connectivity index (χ1) is 15.1. The molecular formula is C25H33F3N2O2. The molecule has 0 bridgehead atoms. The Morgan fingerprint density at radius 3 is 2.38 bits per heavy atom. The third kappa shape index (κ3) is 6.62. The van der Waals surface area contributed by atoms with Crippen LogP contribution >= 0.6 is 0 Å². The van der Waals surface area contributed by atoms with E-state index in [0.717, 1.165) is 17.0 Å². The highest BCUT2D eigenvalue weighted by Crippen LogP contribution is 2.37. The van der Waals surface area contributed by atoms with E-state index in [4.69, 9.17) is 4.74 Å². The predicted octanol–water partition coefficient (Wildman–Crippen LogP) is 5.26. The number of ether oxygens (including phenoxy) is 1. The summed E-state index contributed by atoms with van der Waals surface area (Å²) >= 11 is 0. The average molecular weight is 451 g/mol. The first-order valence-electron chi connectivity index (χ1n) is 11.1. The smallest absolute Gasteiger partial charge is 0.460 e. The van der Waals surface area contributed by atoms with Gasteiger partial charge in [-0.2, -0.15) is 13.2 Å². The summed E-state index contributed by atoms with van der Waals surface area (Å²) in [5, 5.41) is 11.2. The number of alkyl halides is 3. The number of rotatable bonds is 8. The normalized spacial score (nSPS) is 22.2. The molecule has 4 nitrogen and oxygen atoms in total. The first-order valence-corrected chi connectivity index (χ1v) is 11.1. The molecule has 0 saturated carbocycles. The predicted molar refractivity (Wildman–Crippen MR) is 121 cm³/mol. The van der Waals surface area contributed by atoms with Gasteiger partial charge in [0.1, 0.15) is 5.75 Å². The van der Waals surface area contributed by atoms with Gasteiger partial charge in [-0.3, -0.25) is 0 Å². The van der Waals surface area contributed by atoms with Gasteiger partial charge < -0.3 is 14.7 Å². The maximum atomic E-state index is 13.6. The van der Waals surface area contributed by atoms with Gasteiger partial charge in [-0.15, -0.1) is 0 Å². The minimum absolute atomic E-state index is 0.0937. The molecule has 1 aliphatic rings. The van der Waals surface area contributed by atoms with Crippen molar-refractivity contribution in [3.05, 3.63) is 60.2 Å². The lowest BCUT2D eigenvalue weighted by Gasteiger charge is -2.45. The fraction of sp³-hybridized carbons (Fsp3) is 0.520. The van der Waals surface area contributed by atoms with Gasteiger partial charge >= 0.3 is 6.30 Å². The van der Waals surface area contributed by atoms with Gasteiger partial charge in [0.2, 0.25) is 0 Å². The van der Waals surface area contributed by atoms with Crippen LogP contribution in [-0.4, -0.2) is 54.2 Å². The van der Waals surface area contributed by atoms with E-state index in [1.807, 2.05) is 80.4 Å². The maximum Gasteiger partial charge on any atom is 0.460 e. The zero-order valence-corrected chi connectivity index (χ0v) is 19.0. The highest BCUT2D eigenvalue weighted by molar-refractivity contribution is 5.48. The number of likely N-dealkylation sites (tertiary alicyclic amines) is 1. The van der Waals surface area contributed by atoms with E-state index in [0.29, 0.717) is 17.9 Å². The Hall–Kier alpha value is -2.25. The molecule has 1 saturated heterocycles. The molecule has 1 N–H and O–H groups in total. The van der Waals surface area contributed by atoms with Gasteiger partial charge in [0.05, 0.1) is 11.7 Å². The Morgan fingerprint density at radius 1 is 1.12 bits per heavy atom. The fourth-order valence-electron chi connectivity index (χ4n) is 4.35. The molecule has 0 amide bonds. The van der Waals surface area contributed by atoms with Crippen LogP contribution in [0.3, 0.4) is 0 Å². The van der Waals surface area contributed by atoms with Gasteiger partial charge in [-0.25, -0.2) is 4.90 Å². The summed E-state index contributed by atoms with van der Waals surface area (Å²) in [5.74, 6) is 0.791. The molecule has 3 rings (SSSR count). The number of benzene rings is 2. The lowest BCUT2D eigenvalue weighted by atomic mass is 9.81. The van der Waals surface area contributed by atoms with Crippen molar-refractivity contribution in [2.24, 2.45) is 0 Å². The molecule has 32 heavy (non-hydrogen) atoms. The van der Waals surface area contributed by atoms with Crippen LogP contribution in [0.1, 0.15) is 38.7 Å².